The average molecular weight is 452 g/mol. The number of hydrogen-bond acceptors (Lipinski definition) is 6. The second-order valence-corrected chi connectivity index (χ2v) is 7.95. The number of para-hydroxylation sites is 2. The number of hydrogen-bond donors (Lipinski definition) is 1. The number of fused-ring (bicyclic) bond motifs is 3. The first-order valence-corrected chi connectivity index (χ1v) is 11.4. The molecule has 1 aromatic heterocycles. The molecule has 174 valence electrons. The molecule has 33 heavy (non-hydrogen) atoms. The number of benzene rings is 2. The van der Waals surface area contributed by atoms with E-state index in [1.165, 1.54) is 6.07 Å². The predicted octanol–water partition coefficient (Wildman–Crippen LogP) is 4.06. The minimum Gasteiger partial charge on any atom is -0.504 e. The van der Waals surface area contributed by atoms with Crippen LogP contribution >= 0.6 is 0 Å². The van der Waals surface area contributed by atoms with Gasteiger partial charge in [0.2, 0.25) is 11.9 Å². The Morgan fingerprint density at radius 2 is 1.91 bits per heavy atom. The first-order valence-electron chi connectivity index (χ1n) is 11.4. The molecule has 4 rings (SSSR count). The Morgan fingerprint density at radius 1 is 1.12 bits per heavy atom. The summed E-state index contributed by atoms with van der Waals surface area (Å²) in [7, 11) is 0. The maximum absolute atomic E-state index is 13.7. The molecule has 0 spiro atoms. The Kier molecular flexibility index (Phi) is 6.53. The summed E-state index contributed by atoms with van der Waals surface area (Å²) in [5, 5.41) is 10.2. The van der Waals surface area contributed by atoms with E-state index in [0.29, 0.717) is 30.4 Å². The molecule has 0 saturated carbocycles. The number of carbonyl (C=O) groups excluding carboxylic acids is 2. The van der Waals surface area contributed by atoms with Gasteiger partial charge >= 0.3 is 5.97 Å². The minimum absolute atomic E-state index is 0.00398. The van der Waals surface area contributed by atoms with Gasteiger partial charge in [0, 0.05) is 6.54 Å². The third-order valence-corrected chi connectivity index (χ3v) is 5.85. The van der Waals surface area contributed by atoms with Crippen LogP contribution in [-0.4, -0.2) is 46.3 Å². The predicted molar refractivity (Wildman–Crippen MR) is 125 cm³/mol. The number of anilines is 1. The number of esters is 1. The maximum Gasteiger partial charge on any atom is 0.321 e. The van der Waals surface area contributed by atoms with Gasteiger partial charge in [0.05, 0.1) is 30.3 Å². The lowest BCUT2D eigenvalue weighted by Gasteiger charge is -2.38. The van der Waals surface area contributed by atoms with Crippen molar-refractivity contribution in [1.82, 2.24) is 9.55 Å². The molecule has 0 fully saturated rings. The Bertz CT molecular complexity index is 1170. The Hall–Kier alpha value is -3.55. The number of phenols is 1. The molecule has 1 aliphatic rings. The zero-order chi connectivity index (χ0) is 23.5. The second-order valence-electron chi connectivity index (χ2n) is 7.95. The highest BCUT2D eigenvalue weighted by Gasteiger charge is 2.47. The van der Waals surface area contributed by atoms with Crippen LogP contribution in [0.5, 0.6) is 11.5 Å². The van der Waals surface area contributed by atoms with Crippen LogP contribution in [0.25, 0.3) is 11.0 Å². The number of ether oxygens (including phenoxy) is 2. The molecule has 3 aromatic rings. The van der Waals surface area contributed by atoms with E-state index in [-0.39, 0.29) is 18.3 Å². The number of nitrogens with zero attached hydrogens (tertiary/aromatic N) is 3. The topological polar surface area (TPSA) is 93.9 Å². The smallest absolute Gasteiger partial charge is 0.321 e. The molecule has 2 aromatic carbocycles. The van der Waals surface area contributed by atoms with Crippen LogP contribution in [-0.2, 0) is 14.3 Å². The van der Waals surface area contributed by atoms with Crippen LogP contribution in [0.4, 0.5) is 5.95 Å². The lowest BCUT2D eigenvalue weighted by atomic mass is 9.89. The van der Waals surface area contributed by atoms with Crippen molar-refractivity contribution in [2.75, 3.05) is 24.7 Å². The van der Waals surface area contributed by atoms with Gasteiger partial charge in [-0.15, -0.1) is 0 Å². The van der Waals surface area contributed by atoms with Gasteiger partial charge < -0.3 is 19.1 Å². The standard InChI is InChI=1S/C25H29N3O5/c1-4-7-14-27-23(30)21(24(31)33-6-3)22(16-12-13-19(29)20(15-16)32-5-2)28-18-11-9-8-10-17(18)26-25(27)28/h8-13,15,21-22,29H,4-7,14H2,1-3H3/t21-,22-/m1/s1. The van der Waals surface area contributed by atoms with E-state index in [4.69, 9.17) is 14.5 Å². The first-order chi connectivity index (χ1) is 16.0. The van der Waals surface area contributed by atoms with E-state index >= 15 is 0 Å². The van der Waals surface area contributed by atoms with Crippen molar-refractivity contribution in [2.45, 2.75) is 39.7 Å². The quantitative estimate of drug-likeness (QED) is 0.410. The molecular formula is C25H29N3O5. The molecule has 0 aliphatic carbocycles. The van der Waals surface area contributed by atoms with Gasteiger partial charge in [-0.2, -0.15) is 0 Å². The summed E-state index contributed by atoms with van der Waals surface area (Å²) in [6.45, 7) is 6.59. The van der Waals surface area contributed by atoms with Gasteiger partial charge in [0.15, 0.2) is 17.4 Å². The summed E-state index contributed by atoms with van der Waals surface area (Å²) in [4.78, 5) is 33.3. The van der Waals surface area contributed by atoms with E-state index in [1.807, 2.05) is 35.8 Å². The Labute approximate surface area is 192 Å². The van der Waals surface area contributed by atoms with Gasteiger partial charge in [-0.3, -0.25) is 14.5 Å². The highest BCUT2D eigenvalue weighted by molar-refractivity contribution is 6.08. The molecule has 1 amide bonds. The van der Waals surface area contributed by atoms with Crippen LogP contribution in [0.3, 0.4) is 0 Å². The zero-order valence-corrected chi connectivity index (χ0v) is 19.2. The largest absolute Gasteiger partial charge is 0.504 e. The van der Waals surface area contributed by atoms with E-state index in [2.05, 4.69) is 6.92 Å². The summed E-state index contributed by atoms with van der Waals surface area (Å²) in [6.07, 6.45) is 1.68. The Balaban J connectivity index is 1.98. The van der Waals surface area contributed by atoms with Crippen molar-refractivity contribution in [3.8, 4) is 11.5 Å². The lowest BCUT2D eigenvalue weighted by molar-refractivity contribution is -0.153. The third-order valence-electron chi connectivity index (χ3n) is 5.85. The van der Waals surface area contributed by atoms with E-state index in [9.17, 15) is 14.7 Å². The van der Waals surface area contributed by atoms with Crippen LogP contribution in [0.15, 0.2) is 42.5 Å². The number of amides is 1. The normalized spacial score (nSPS) is 17.8. The number of aromatic hydroxyl groups is 1. The van der Waals surface area contributed by atoms with Gasteiger partial charge in [0.25, 0.3) is 0 Å². The maximum atomic E-state index is 13.7. The van der Waals surface area contributed by atoms with Gasteiger partial charge in [-0.1, -0.05) is 31.5 Å². The molecule has 0 unspecified atom stereocenters. The second kappa shape index (κ2) is 9.52. The first kappa shape index (κ1) is 22.6. The molecule has 8 nitrogen and oxygen atoms in total. The highest BCUT2D eigenvalue weighted by atomic mass is 16.5. The average Bonchev–Trinajstić information content (AvgIpc) is 3.19. The number of carbonyl (C=O) groups is 2. The van der Waals surface area contributed by atoms with Crippen molar-refractivity contribution < 1.29 is 24.2 Å². The number of phenolic OH excluding ortho intramolecular Hbond substituents is 1. The van der Waals surface area contributed by atoms with Crippen molar-refractivity contribution in [2.24, 2.45) is 5.92 Å². The summed E-state index contributed by atoms with van der Waals surface area (Å²) in [5.41, 5.74) is 2.20. The fourth-order valence-corrected chi connectivity index (χ4v) is 4.36. The summed E-state index contributed by atoms with van der Waals surface area (Å²) in [6, 6.07) is 11.8. The van der Waals surface area contributed by atoms with Crippen LogP contribution in [0.1, 0.15) is 45.2 Å². The number of imidazole rings is 1. The fourth-order valence-electron chi connectivity index (χ4n) is 4.36. The zero-order valence-electron chi connectivity index (χ0n) is 19.2. The molecule has 0 saturated heterocycles. The molecule has 1 N–H and O–H groups in total. The van der Waals surface area contributed by atoms with Crippen LogP contribution in [0, 0.1) is 5.92 Å². The highest BCUT2D eigenvalue weighted by Crippen LogP contribution is 2.43. The van der Waals surface area contributed by atoms with Crippen molar-refractivity contribution in [3.05, 3.63) is 48.0 Å². The molecule has 1 aliphatic heterocycles. The van der Waals surface area contributed by atoms with Gasteiger partial charge in [-0.05, 0) is 50.1 Å². The lowest BCUT2D eigenvalue weighted by Crippen LogP contribution is -2.50. The van der Waals surface area contributed by atoms with Crippen molar-refractivity contribution in [3.63, 3.8) is 0 Å². The molecule has 2 atom stereocenters. The third kappa shape index (κ3) is 4.01. The van der Waals surface area contributed by atoms with Crippen LogP contribution in [0.2, 0.25) is 0 Å². The fraction of sp³-hybridized carbons (Fsp3) is 0.400. The molecule has 8 heteroatoms. The molecular weight excluding hydrogens is 422 g/mol. The minimum atomic E-state index is -1.09. The van der Waals surface area contributed by atoms with Gasteiger partial charge in [0.1, 0.15) is 0 Å². The van der Waals surface area contributed by atoms with E-state index in [0.717, 1.165) is 23.9 Å². The number of aromatic nitrogens is 2. The van der Waals surface area contributed by atoms with E-state index < -0.39 is 17.9 Å². The molecule has 0 bridgehead atoms. The monoisotopic (exact) mass is 451 g/mol. The summed E-state index contributed by atoms with van der Waals surface area (Å²) >= 11 is 0. The number of unbranched alkanes of at least 4 members (excludes halogenated alkanes) is 1. The molecule has 0 radical (unpaired) electrons. The Morgan fingerprint density at radius 3 is 2.64 bits per heavy atom. The number of rotatable bonds is 8. The van der Waals surface area contributed by atoms with Crippen molar-refractivity contribution >= 4 is 28.9 Å². The van der Waals surface area contributed by atoms with Crippen LogP contribution < -0.4 is 9.64 Å². The SMILES string of the molecule is CCCCN1C(=O)[C@H](C(=O)OCC)[C@@H](c2ccc(O)c(OCC)c2)n2c1nc1ccccc12. The molecule has 2 heterocycles. The van der Waals surface area contributed by atoms with Gasteiger partial charge in [-0.25, -0.2) is 4.98 Å². The van der Waals surface area contributed by atoms with Crippen molar-refractivity contribution in [1.29, 1.82) is 0 Å². The summed E-state index contributed by atoms with van der Waals surface area (Å²) in [5.74, 6) is -1.21. The summed E-state index contributed by atoms with van der Waals surface area (Å²) < 4.78 is 12.9. The van der Waals surface area contributed by atoms with E-state index in [1.54, 1.807) is 24.0 Å².